The van der Waals surface area contributed by atoms with E-state index in [2.05, 4.69) is 4.98 Å². The van der Waals surface area contributed by atoms with Crippen LogP contribution in [0.3, 0.4) is 0 Å². The summed E-state index contributed by atoms with van der Waals surface area (Å²) < 4.78 is 0. The molecule has 1 heterocycles. The van der Waals surface area contributed by atoms with Gasteiger partial charge in [0.2, 0.25) is 0 Å². The van der Waals surface area contributed by atoms with Gasteiger partial charge in [0.15, 0.2) is 6.29 Å². The lowest BCUT2D eigenvalue weighted by Gasteiger charge is -2.05. The molecule has 0 spiro atoms. The summed E-state index contributed by atoms with van der Waals surface area (Å²) >= 11 is 17.7. The Morgan fingerprint density at radius 1 is 1.00 bits per heavy atom. The van der Waals surface area contributed by atoms with Gasteiger partial charge < -0.3 is 0 Å². The summed E-state index contributed by atoms with van der Waals surface area (Å²) in [6.45, 7) is 0. The molecule has 0 radical (unpaired) electrons. The molecule has 2 nitrogen and oxygen atoms in total. The first kappa shape index (κ1) is 12.4. The van der Waals surface area contributed by atoms with E-state index in [1.54, 1.807) is 30.5 Å². The molecule has 0 fully saturated rings. The lowest BCUT2D eigenvalue weighted by molar-refractivity contribution is 0.111. The largest absolute Gasteiger partial charge is 0.296 e. The number of hydrogen-bond acceptors (Lipinski definition) is 2. The van der Waals surface area contributed by atoms with Crippen molar-refractivity contribution in [2.75, 3.05) is 0 Å². The van der Waals surface area contributed by atoms with Gasteiger partial charge in [-0.2, -0.15) is 0 Å². The SMILES string of the molecule is O=Cc1ccc(-c2cc(Cl)c(Cl)c(Cl)c2)cn1. The van der Waals surface area contributed by atoms with E-state index in [4.69, 9.17) is 34.8 Å². The predicted molar refractivity (Wildman–Crippen MR) is 70.1 cm³/mol. The molecule has 0 unspecified atom stereocenters. The Labute approximate surface area is 113 Å². The van der Waals surface area contributed by atoms with Gasteiger partial charge in [0.25, 0.3) is 0 Å². The molecular weight excluding hydrogens is 280 g/mol. The van der Waals surface area contributed by atoms with E-state index in [9.17, 15) is 4.79 Å². The van der Waals surface area contributed by atoms with Crippen LogP contribution in [-0.4, -0.2) is 11.3 Å². The quantitative estimate of drug-likeness (QED) is 0.600. The van der Waals surface area contributed by atoms with E-state index in [-0.39, 0.29) is 0 Å². The van der Waals surface area contributed by atoms with Crippen LogP contribution in [0.4, 0.5) is 0 Å². The zero-order valence-electron chi connectivity index (χ0n) is 8.45. The molecule has 0 aliphatic rings. The molecular formula is C12H6Cl3NO. The van der Waals surface area contributed by atoms with Crippen LogP contribution in [0.15, 0.2) is 30.5 Å². The smallest absolute Gasteiger partial charge is 0.168 e. The second-order valence-electron chi connectivity index (χ2n) is 3.34. The molecule has 0 bridgehead atoms. The third kappa shape index (κ3) is 2.60. The van der Waals surface area contributed by atoms with Gasteiger partial charge in [0.1, 0.15) is 5.69 Å². The number of carbonyl (C=O) groups excluding carboxylic acids is 1. The van der Waals surface area contributed by atoms with Gasteiger partial charge in [-0.3, -0.25) is 9.78 Å². The predicted octanol–water partition coefficient (Wildman–Crippen LogP) is 4.52. The Balaban J connectivity index is 2.49. The van der Waals surface area contributed by atoms with Crippen molar-refractivity contribution < 1.29 is 4.79 Å². The Morgan fingerprint density at radius 2 is 1.65 bits per heavy atom. The Kier molecular flexibility index (Phi) is 3.67. The molecule has 1 aromatic heterocycles. The molecule has 86 valence electrons. The third-order valence-corrected chi connectivity index (χ3v) is 3.42. The van der Waals surface area contributed by atoms with Crippen molar-refractivity contribution in [2.45, 2.75) is 0 Å². The Morgan fingerprint density at radius 3 is 2.12 bits per heavy atom. The number of benzene rings is 1. The Bertz CT molecular complexity index is 543. The van der Waals surface area contributed by atoms with Gasteiger partial charge in [0.05, 0.1) is 15.1 Å². The number of aldehydes is 1. The van der Waals surface area contributed by atoms with Crippen molar-refractivity contribution in [2.24, 2.45) is 0 Å². The van der Waals surface area contributed by atoms with Crippen LogP contribution in [-0.2, 0) is 0 Å². The van der Waals surface area contributed by atoms with Crippen LogP contribution in [0.1, 0.15) is 10.5 Å². The normalized spacial score (nSPS) is 10.3. The number of carbonyl (C=O) groups is 1. The zero-order chi connectivity index (χ0) is 12.4. The van der Waals surface area contributed by atoms with E-state index < -0.39 is 0 Å². The molecule has 0 N–H and O–H groups in total. The number of nitrogens with zero attached hydrogens (tertiary/aromatic N) is 1. The summed E-state index contributed by atoms with van der Waals surface area (Å²) in [5.41, 5.74) is 1.99. The van der Waals surface area contributed by atoms with Crippen molar-refractivity contribution in [1.82, 2.24) is 4.98 Å². The van der Waals surface area contributed by atoms with Gasteiger partial charge >= 0.3 is 0 Å². The highest BCUT2D eigenvalue weighted by molar-refractivity contribution is 6.48. The first-order valence-corrected chi connectivity index (χ1v) is 5.81. The maximum absolute atomic E-state index is 10.5. The van der Waals surface area contributed by atoms with Crippen molar-refractivity contribution in [3.05, 3.63) is 51.2 Å². The molecule has 0 atom stereocenters. The highest BCUT2D eigenvalue weighted by atomic mass is 35.5. The van der Waals surface area contributed by atoms with Crippen LogP contribution in [0.2, 0.25) is 15.1 Å². The Hall–Kier alpha value is -1.09. The van der Waals surface area contributed by atoms with Crippen molar-refractivity contribution in [3.8, 4) is 11.1 Å². The summed E-state index contributed by atoms with van der Waals surface area (Å²) in [4.78, 5) is 14.5. The summed E-state index contributed by atoms with van der Waals surface area (Å²) in [6, 6.07) is 6.80. The maximum Gasteiger partial charge on any atom is 0.168 e. The van der Waals surface area contributed by atoms with Gasteiger partial charge in [0, 0.05) is 11.8 Å². The van der Waals surface area contributed by atoms with Crippen LogP contribution < -0.4 is 0 Å². The third-order valence-electron chi connectivity index (χ3n) is 2.22. The van der Waals surface area contributed by atoms with Crippen LogP contribution >= 0.6 is 34.8 Å². The molecule has 5 heteroatoms. The summed E-state index contributed by atoms with van der Waals surface area (Å²) in [5.74, 6) is 0. The fourth-order valence-electron chi connectivity index (χ4n) is 1.37. The van der Waals surface area contributed by atoms with Crippen LogP contribution in [0.5, 0.6) is 0 Å². The molecule has 0 amide bonds. The summed E-state index contributed by atoms with van der Waals surface area (Å²) in [5, 5.41) is 1.09. The molecule has 1 aromatic carbocycles. The minimum Gasteiger partial charge on any atom is -0.296 e. The van der Waals surface area contributed by atoms with Gasteiger partial charge in [-0.15, -0.1) is 0 Å². The molecule has 0 aliphatic carbocycles. The zero-order valence-corrected chi connectivity index (χ0v) is 10.7. The average molecular weight is 287 g/mol. The second-order valence-corrected chi connectivity index (χ2v) is 4.54. The number of aromatic nitrogens is 1. The van der Waals surface area contributed by atoms with E-state index in [0.29, 0.717) is 27.0 Å². The van der Waals surface area contributed by atoms with Crippen LogP contribution in [0, 0.1) is 0 Å². The topological polar surface area (TPSA) is 30.0 Å². The fraction of sp³-hybridized carbons (Fsp3) is 0. The first-order valence-electron chi connectivity index (χ1n) is 4.68. The standard InChI is InChI=1S/C12H6Cl3NO/c13-10-3-8(4-11(14)12(10)15)7-1-2-9(6-17)16-5-7/h1-6H. The molecule has 0 aliphatic heterocycles. The van der Waals surface area contributed by atoms with Crippen molar-refractivity contribution in [3.63, 3.8) is 0 Å². The highest BCUT2D eigenvalue weighted by Gasteiger charge is 2.07. The van der Waals surface area contributed by atoms with Crippen LogP contribution in [0.25, 0.3) is 11.1 Å². The number of rotatable bonds is 2. The number of pyridine rings is 1. The first-order chi connectivity index (χ1) is 8.11. The van der Waals surface area contributed by atoms with Gasteiger partial charge in [-0.05, 0) is 23.8 Å². The molecule has 0 saturated heterocycles. The van der Waals surface area contributed by atoms with Crippen molar-refractivity contribution in [1.29, 1.82) is 0 Å². The average Bonchev–Trinajstić information content (AvgIpc) is 2.35. The monoisotopic (exact) mass is 285 g/mol. The van der Waals surface area contributed by atoms with E-state index in [1.807, 2.05) is 0 Å². The summed E-state index contributed by atoms with van der Waals surface area (Å²) in [6.07, 6.45) is 2.27. The van der Waals surface area contributed by atoms with Gasteiger partial charge in [-0.1, -0.05) is 40.9 Å². The van der Waals surface area contributed by atoms with E-state index in [0.717, 1.165) is 11.1 Å². The molecule has 0 saturated carbocycles. The lowest BCUT2D eigenvalue weighted by Crippen LogP contribution is -1.87. The maximum atomic E-state index is 10.5. The van der Waals surface area contributed by atoms with Crippen molar-refractivity contribution >= 4 is 41.1 Å². The minimum atomic E-state index is 0.328. The molecule has 2 aromatic rings. The molecule has 2 rings (SSSR count). The number of halogens is 3. The summed E-state index contributed by atoms with van der Waals surface area (Å²) in [7, 11) is 0. The minimum absolute atomic E-state index is 0.328. The second kappa shape index (κ2) is 5.05. The van der Waals surface area contributed by atoms with E-state index in [1.165, 1.54) is 0 Å². The fourth-order valence-corrected chi connectivity index (χ4v) is 1.96. The molecule has 17 heavy (non-hydrogen) atoms. The lowest BCUT2D eigenvalue weighted by atomic mass is 10.1. The number of hydrogen-bond donors (Lipinski definition) is 0. The van der Waals surface area contributed by atoms with E-state index >= 15 is 0 Å². The highest BCUT2D eigenvalue weighted by Crippen LogP contribution is 2.34. The van der Waals surface area contributed by atoms with Gasteiger partial charge in [-0.25, -0.2) is 0 Å².